The van der Waals surface area contributed by atoms with E-state index in [-0.39, 0.29) is 0 Å². The smallest absolute Gasteiger partial charge is 0.142 e. The number of rotatable bonds is 8. The predicted molar refractivity (Wildman–Crippen MR) is 125 cm³/mol. The first-order valence-corrected chi connectivity index (χ1v) is 11.7. The lowest BCUT2D eigenvalue weighted by Gasteiger charge is -2.37. The van der Waals surface area contributed by atoms with Crippen LogP contribution in [0.5, 0.6) is 11.5 Å². The van der Waals surface area contributed by atoms with E-state index in [1.807, 2.05) is 18.2 Å². The summed E-state index contributed by atoms with van der Waals surface area (Å²) >= 11 is 0. The van der Waals surface area contributed by atoms with Gasteiger partial charge in [-0.05, 0) is 48.6 Å². The highest BCUT2D eigenvalue weighted by molar-refractivity contribution is 5.58. The maximum Gasteiger partial charge on any atom is 0.142 e. The summed E-state index contributed by atoms with van der Waals surface area (Å²) in [6.07, 6.45) is 6.21. The summed E-state index contributed by atoms with van der Waals surface area (Å²) in [5.41, 5.74) is 2.57. The van der Waals surface area contributed by atoms with Crippen molar-refractivity contribution < 1.29 is 14.6 Å². The molecule has 4 rings (SSSR count). The number of nitrogens with zero attached hydrogens (tertiary/aromatic N) is 2. The fourth-order valence-electron chi connectivity index (χ4n) is 4.88. The number of methoxy groups -OCH3 is 1. The number of hydrogen-bond donors (Lipinski definition) is 1. The summed E-state index contributed by atoms with van der Waals surface area (Å²) in [6.45, 7) is 4.67. The van der Waals surface area contributed by atoms with E-state index in [4.69, 9.17) is 9.47 Å². The van der Waals surface area contributed by atoms with Crippen molar-refractivity contribution >= 4 is 5.69 Å². The third kappa shape index (κ3) is 5.92. The Kier molecular flexibility index (Phi) is 7.71. The third-order valence-corrected chi connectivity index (χ3v) is 6.67. The second kappa shape index (κ2) is 10.9. The van der Waals surface area contributed by atoms with Crippen LogP contribution >= 0.6 is 0 Å². The van der Waals surface area contributed by atoms with Crippen molar-refractivity contribution in [3.05, 3.63) is 54.1 Å². The van der Waals surface area contributed by atoms with Gasteiger partial charge in [0.05, 0.1) is 12.8 Å². The van der Waals surface area contributed by atoms with Gasteiger partial charge in [-0.1, -0.05) is 43.5 Å². The lowest BCUT2D eigenvalue weighted by atomic mass is 9.84. The summed E-state index contributed by atoms with van der Waals surface area (Å²) in [5, 5.41) is 10.5. The van der Waals surface area contributed by atoms with Crippen LogP contribution in [-0.4, -0.2) is 62.6 Å². The van der Waals surface area contributed by atoms with E-state index in [1.165, 1.54) is 37.7 Å². The van der Waals surface area contributed by atoms with E-state index in [0.29, 0.717) is 19.1 Å². The molecule has 1 aliphatic carbocycles. The predicted octanol–water partition coefficient (Wildman–Crippen LogP) is 4.30. The van der Waals surface area contributed by atoms with Crippen LogP contribution < -0.4 is 14.4 Å². The molecule has 5 nitrogen and oxygen atoms in total. The highest BCUT2D eigenvalue weighted by Crippen LogP contribution is 2.33. The van der Waals surface area contributed by atoms with Crippen LogP contribution in [0.1, 0.15) is 43.6 Å². The van der Waals surface area contributed by atoms with E-state index >= 15 is 0 Å². The SMILES string of the molecule is COc1ccccc1N1CCN(CC(O)COc2ccc(C3CCCCC3)cc2)CC1. The first-order chi connectivity index (χ1) is 15.2. The topological polar surface area (TPSA) is 45.2 Å². The van der Waals surface area contributed by atoms with Crippen molar-refractivity contribution in [1.29, 1.82) is 0 Å². The average molecular weight is 425 g/mol. The number of ether oxygens (including phenoxy) is 2. The monoisotopic (exact) mass is 424 g/mol. The Morgan fingerprint density at radius 1 is 0.935 bits per heavy atom. The van der Waals surface area contributed by atoms with E-state index in [1.54, 1.807) is 7.11 Å². The maximum atomic E-state index is 10.5. The van der Waals surface area contributed by atoms with Crippen LogP contribution in [0.2, 0.25) is 0 Å². The van der Waals surface area contributed by atoms with Gasteiger partial charge in [0.25, 0.3) is 0 Å². The fraction of sp³-hybridized carbons (Fsp3) is 0.538. The second-order valence-electron chi connectivity index (χ2n) is 8.83. The van der Waals surface area contributed by atoms with Gasteiger partial charge in [0.2, 0.25) is 0 Å². The van der Waals surface area contributed by atoms with Gasteiger partial charge in [-0.2, -0.15) is 0 Å². The maximum absolute atomic E-state index is 10.5. The normalized spacial score (nSPS) is 19.2. The van der Waals surface area contributed by atoms with Crippen molar-refractivity contribution in [3.8, 4) is 11.5 Å². The van der Waals surface area contributed by atoms with Crippen molar-refractivity contribution in [3.63, 3.8) is 0 Å². The first kappa shape index (κ1) is 22.0. The van der Waals surface area contributed by atoms with E-state index in [0.717, 1.165) is 43.4 Å². The zero-order valence-electron chi connectivity index (χ0n) is 18.7. The average Bonchev–Trinajstić information content (AvgIpc) is 2.84. The van der Waals surface area contributed by atoms with Gasteiger partial charge in [0.1, 0.15) is 24.2 Å². The van der Waals surface area contributed by atoms with Crippen molar-refractivity contribution in [1.82, 2.24) is 4.90 Å². The van der Waals surface area contributed by atoms with Gasteiger partial charge >= 0.3 is 0 Å². The Hall–Kier alpha value is -2.24. The Labute approximate surface area is 186 Å². The molecule has 0 bridgehead atoms. The molecule has 168 valence electrons. The number of piperazine rings is 1. The second-order valence-corrected chi connectivity index (χ2v) is 8.83. The molecule has 1 unspecified atom stereocenters. The number of hydrogen-bond acceptors (Lipinski definition) is 5. The highest BCUT2D eigenvalue weighted by Gasteiger charge is 2.21. The largest absolute Gasteiger partial charge is 0.495 e. The number of aliphatic hydroxyl groups excluding tert-OH is 1. The minimum Gasteiger partial charge on any atom is -0.495 e. The third-order valence-electron chi connectivity index (χ3n) is 6.67. The molecule has 0 amide bonds. The molecule has 1 N–H and O–H groups in total. The van der Waals surface area contributed by atoms with Gasteiger partial charge in [0.15, 0.2) is 0 Å². The fourth-order valence-corrected chi connectivity index (χ4v) is 4.88. The number of para-hydroxylation sites is 2. The van der Waals surface area contributed by atoms with E-state index in [9.17, 15) is 5.11 Å². The zero-order chi connectivity index (χ0) is 21.5. The summed E-state index contributed by atoms with van der Waals surface area (Å²) in [7, 11) is 1.72. The molecule has 2 fully saturated rings. The Morgan fingerprint density at radius 3 is 2.35 bits per heavy atom. The van der Waals surface area contributed by atoms with Gasteiger partial charge in [-0.3, -0.25) is 4.90 Å². The summed E-state index contributed by atoms with van der Waals surface area (Å²) in [5.74, 6) is 2.47. The minimum absolute atomic E-state index is 0.329. The van der Waals surface area contributed by atoms with Crippen LogP contribution in [0.4, 0.5) is 5.69 Å². The molecule has 1 atom stereocenters. The Balaban J connectivity index is 1.19. The van der Waals surface area contributed by atoms with Crippen LogP contribution in [-0.2, 0) is 0 Å². The molecule has 1 heterocycles. The molecule has 0 aromatic heterocycles. The van der Waals surface area contributed by atoms with Crippen molar-refractivity contribution in [2.24, 2.45) is 0 Å². The van der Waals surface area contributed by atoms with Gasteiger partial charge in [0, 0.05) is 32.7 Å². The van der Waals surface area contributed by atoms with E-state index in [2.05, 4.69) is 40.1 Å². The Morgan fingerprint density at radius 2 is 1.65 bits per heavy atom. The number of aliphatic hydroxyl groups is 1. The van der Waals surface area contributed by atoms with Gasteiger partial charge in [-0.15, -0.1) is 0 Å². The van der Waals surface area contributed by atoms with Crippen LogP contribution in [0.15, 0.2) is 48.5 Å². The molecular formula is C26H36N2O3. The molecular weight excluding hydrogens is 388 g/mol. The standard InChI is InChI=1S/C26H36N2O3/c1-30-26-10-6-5-9-25(26)28-17-15-27(16-18-28)19-23(29)20-31-24-13-11-22(12-14-24)21-7-3-2-4-8-21/h5-6,9-14,21,23,29H,2-4,7-8,15-20H2,1H3. The summed E-state index contributed by atoms with van der Waals surface area (Å²) in [4.78, 5) is 4.66. The molecule has 0 spiro atoms. The molecule has 2 aliphatic rings. The highest BCUT2D eigenvalue weighted by atomic mass is 16.5. The van der Waals surface area contributed by atoms with Crippen LogP contribution in [0.25, 0.3) is 0 Å². The molecule has 2 aromatic rings. The molecule has 1 aliphatic heterocycles. The lowest BCUT2D eigenvalue weighted by Crippen LogP contribution is -2.49. The molecule has 1 saturated heterocycles. The van der Waals surface area contributed by atoms with Crippen molar-refractivity contribution in [2.75, 3.05) is 51.3 Å². The van der Waals surface area contributed by atoms with Gasteiger partial charge in [-0.25, -0.2) is 0 Å². The quantitative estimate of drug-likeness (QED) is 0.684. The summed E-state index contributed by atoms with van der Waals surface area (Å²) in [6, 6.07) is 16.7. The summed E-state index contributed by atoms with van der Waals surface area (Å²) < 4.78 is 11.4. The molecule has 2 aromatic carbocycles. The van der Waals surface area contributed by atoms with Crippen LogP contribution in [0, 0.1) is 0 Å². The number of anilines is 1. The molecule has 31 heavy (non-hydrogen) atoms. The molecule has 1 saturated carbocycles. The van der Waals surface area contributed by atoms with Crippen LogP contribution in [0.3, 0.4) is 0 Å². The Bertz CT molecular complexity index is 797. The van der Waals surface area contributed by atoms with Crippen molar-refractivity contribution in [2.45, 2.75) is 44.1 Å². The minimum atomic E-state index is -0.490. The van der Waals surface area contributed by atoms with E-state index < -0.39 is 6.10 Å². The molecule has 5 heteroatoms. The first-order valence-electron chi connectivity index (χ1n) is 11.7. The lowest BCUT2D eigenvalue weighted by molar-refractivity contribution is 0.0662. The zero-order valence-corrected chi connectivity index (χ0v) is 18.7. The number of β-amino-alcohol motifs (C(OH)–C–C–N with tert-alkyl or cyclic N) is 1. The van der Waals surface area contributed by atoms with Gasteiger partial charge < -0.3 is 19.5 Å². The molecule has 0 radical (unpaired) electrons. The number of benzene rings is 2.